The summed E-state index contributed by atoms with van der Waals surface area (Å²) in [6.07, 6.45) is 6.34. The molecule has 0 unspecified atom stereocenters. The number of carboxylic acid groups (broad SMARTS) is 1. The third kappa shape index (κ3) is 5.03. The number of hydrogen-bond donors (Lipinski definition) is 0. The van der Waals surface area contributed by atoms with Gasteiger partial charge in [-0.1, -0.05) is 54.2 Å². The molecule has 1 fully saturated rings. The molecule has 1 aromatic carbocycles. The van der Waals surface area contributed by atoms with Crippen LogP contribution in [0.15, 0.2) is 34.3 Å². The molecule has 0 amide bonds. The van der Waals surface area contributed by atoms with Crippen LogP contribution >= 0.6 is 15.9 Å². The molecule has 2 atom stereocenters. The molecule has 0 aliphatic heterocycles. The minimum atomic E-state index is -1.06. The van der Waals surface area contributed by atoms with Crippen molar-refractivity contribution >= 4 is 33.8 Å². The molecule has 2 rings (SSSR count). The average Bonchev–Trinajstić information content (AvgIpc) is 2.78. The lowest BCUT2D eigenvalue weighted by Gasteiger charge is -2.17. The van der Waals surface area contributed by atoms with Crippen LogP contribution in [0, 0.1) is 11.8 Å². The summed E-state index contributed by atoms with van der Waals surface area (Å²) in [5, 5.41) is 11.0. The third-order valence-electron chi connectivity index (χ3n) is 4.46. The summed E-state index contributed by atoms with van der Waals surface area (Å²) in [5.74, 6) is -1.23. The molecule has 0 saturated heterocycles. The normalized spacial score (nSPS) is 22.7. The molecule has 0 radical (unpaired) electrons. The second kappa shape index (κ2) is 8.44. The maximum absolute atomic E-state index is 12.7. The molecule has 1 aliphatic carbocycles. The zero-order valence-corrected chi connectivity index (χ0v) is 15.0. The van der Waals surface area contributed by atoms with Crippen LogP contribution in [0.4, 0.5) is 0 Å². The van der Waals surface area contributed by atoms with E-state index in [0.29, 0.717) is 6.42 Å². The molecule has 1 saturated carbocycles. The van der Waals surface area contributed by atoms with Gasteiger partial charge in [-0.25, -0.2) is 0 Å². The van der Waals surface area contributed by atoms with E-state index < -0.39 is 5.97 Å². The molecule has 0 bridgehead atoms. The SMILES string of the molecule is CCCCC[C@H]1C(=O)C(=Cc2ccc(Br)cc2)C[C@H]1CC(=O)[O-]. The molecule has 1 aliphatic rings. The van der Waals surface area contributed by atoms with E-state index in [-0.39, 0.29) is 24.0 Å². The topological polar surface area (TPSA) is 57.2 Å². The Morgan fingerprint density at radius 3 is 2.61 bits per heavy atom. The van der Waals surface area contributed by atoms with Crippen molar-refractivity contribution in [1.82, 2.24) is 0 Å². The summed E-state index contributed by atoms with van der Waals surface area (Å²) in [4.78, 5) is 23.7. The highest BCUT2D eigenvalue weighted by atomic mass is 79.9. The van der Waals surface area contributed by atoms with Gasteiger partial charge in [-0.3, -0.25) is 4.79 Å². The number of carbonyl (C=O) groups excluding carboxylic acids is 2. The number of hydrogen-bond acceptors (Lipinski definition) is 3. The van der Waals surface area contributed by atoms with Gasteiger partial charge in [-0.15, -0.1) is 0 Å². The van der Waals surface area contributed by atoms with Crippen molar-refractivity contribution in [2.75, 3.05) is 0 Å². The van der Waals surface area contributed by atoms with Gasteiger partial charge < -0.3 is 9.90 Å². The number of halogens is 1. The zero-order valence-electron chi connectivity index (χ0n) is 13.4. The van der Waals surface area contributed by atoms with Gasteiger partial charge in [-0.05, 0) is 54.5 Å². The summed E-state index contributed by atoms with van der Waals surface area (Å²) < 4.78 is 0.990. The predicted octanol–water partition coefficient (Wildman–Crippen LogP) is 3.76. The van der Waals surface area contributed by atoms with Crippen molar-refractivity contribution in [3.8, 4) is 0 Å². The Hall–Kier alpha value is -1.42. The number of carboxylic acids is 1. The zero-order chi connectivity index (χ0) is 16.8. The number of unbranched alkanes of at least 4 members (excludes halogenated alkanes) is 2. The lowest BCUT2D eigenvalue weighted by Crippen LogP contribution is -2.27. The van der Waals surface area contributed by atoms with Crippen molar-refractivity contribution in [2.45, 2.75) is 45.4 Å². The fourth-order valence-electron chi connectivity index (χ4n) is 3.28. The van der Waals surface area contributed by atoms with E-state index >= 15 is 0 Å². The van der Waals surface area contributed by atoms with Crippen LogP contribution in [0.3, 0.4) is 0 Å². The Morgan fingerprint density at radius 1 is 1.30 bits per heavy atom. The molecular weight excluding hydrogens is 356 g/mol. The number of rotatable bonds is 7. The van der Waals surface area contributed by atoms with Crippen molar-refractivity contribution in [3.63, 3.8) is 0 Å². The van der Waals surface area contributed by atoms with Gasteiger partial charge in [0.25, 0.3) is 0 Å². The molecule has 0 N–H and O–H groups in total. The van der Waals surface area contributed by atoms with Crippen LogP contribution in [0.25, 0.3) is 6.08 Å². The van der Waals surface area contributed by atoms with Gasteiger partial charge in [-0.2, -0.15) is 0 Å². The number of benzene rings is 1. The molecule has 23 heavy (non-hydrogen) atoms. The first kappa shape index (κ1) is 17.9. The van der Waals surface area contributed by atoms with Gasteiger partial charge >= 0.3 is 0 Å². The van der Waals surface area contributed by atoms with Crippen LogP contribution in [-0.2, 0) is 9.59 Å². The van der Waals surface area contributed by atoms with Crippen LogP contribution < -0.4 is 5.11 Å². The maximum Gasteiger partial charge on any atom is 0.162 e. The van der Waals surface area contributed by atoms with E-state index in [2.05, 4.69) is 22.9 Å². The Bertz CT molecular complexity index is 589. The van der Waals surface area contributed by atoms with E-state index in [1.165, 1.54) is 0 Å². The first-order valence-corrected chi connectivity index (χ1v) is 9.00. The number of aliphatic carboxylic acids is 1. The highest BCUT2D eigenvalue weighted by Crippen LogP contribution is 2.39. The Morgan fingerprint density at radius 2 is 2.00 bits per heavy atom. The van der Waals surface area contributed by atoms with Crippen molar-refractivity contribution in [3.05, 3.63) is 39.9 Å². The minimum Gasteiger partial charge on any atom is -0.550 e. The standard InChI is InChI=1S/C19H23BrO3/c1-2-3-4-5-17-14(12-18(21)22)11-15(19(17)23)10-13-6-8-16(20)9-7-13/h6-10,14,17H,2-5,11-12H2,1H3,(H,21,22)/p-1/t14-,17+/m0/s1. The molecule has 0 spiro atoms. The van der Waals surface area contributed by atoms with Gasteiger partial charge in [0.2, 0.25) is 0 Å². The van der Waals surface area contributed by atoms with E-state index in [0.717, 1.165) is 41.3 Å². The molecule has 1 aromatic rings. The summed E-state index contributed by atoms with van der Waals surface area (Å²) in [7, 11) is 0. The van der Waals surface area contributed by atoms with E-state index in [9.17, 15) is 14.7 Å². The molecule has 0 heterocycles. The quantitative estimate of drug-likeness (QED) is 0.536. The highest BCUT2D eigenvalue weighted by Gasteiger charge is 2.37. The Kier molecular flexibility index (Phi) is 6.58. The van der Waals surface area contributed by atoms with Crippen LogP contribution in [-0.4, -0.2) is 11.8 Å². The van der Waals surface area contributed by atoms with Crippen LogP contribution in [0.1, 0.15) is 51.0 Å². The number of allylic oxidation sites excluding steroid dienone is 1. The first-order valence-electron chi connectivity index (χ1n) is 8.21. The molecular formula is C19H22BrO3-. The summed E-state index contributed by atoms with van der Waals surface area (Å²) in [6, 6.07) is 7.76. The van der Waals surface area contributed by atoms with E-state index in [4.69, 9.17) is 0 Å². The average molecular weight is 378 g/mol. The van der Waals surface area contributed by atoms with Gasteiger partial charge in [0.05, 0.1) is 0 Å². The number of carbonyl (C=O) groups is 2. The number of Topliss-reactive ketones (excluding diaryl/α,β-unsaturated/α-hetero) is 1. The molecule has 3 nitrogen and oxygen atoms in total. The molecule has 0 aromatic heterocycles. The summed E-state index contributed by atoms with van der Waals surface area (Å²) in [6.45, 7) is 2.12. The first-order chi connectivity index (χ1) is 11.0. The summed E-state index contributed by atoms with van der Waals surface area (Å²) >= 11 is 3.39. The van der Waals surface area contributed by atoms with E-state index in [1.807, 2.05) is 30.3 Å². The van der Waals surface area contributed by atoms with Crippen molar-refractivity contribution < 1.29 is 14.7 Å². The van der Waals surface area contributed by atoms with Gasteiger partial charge in [0, 0.05) is 16.4 Å². The van der Waals surface area contributed by atoms with E-state index in [1.54, 1.807) is 0 Å². The van der Waals surface area contributed by atoms with Crippen molar-refractivity contribution in [1.29, 1.82) is 0 Å². The Balaban J connectivity index is 2.16. The Labute approximate surface area is 145 Å². The van der Waals surface area contributed by atoms with Gasteiger partial charge in [0.1, 0.15) is 0 Å². The van der Waals surface area contributed by atoms with Crippen LogP contribution in [0.5, 0.6) is 0 Å². The molecule has 124 valence electrons. The minimum absolute atomic E-state index is 0.0276. The third-order valence-corrected chi connectivity index (χ3v) is 4.99. The lowest BCUT2D eigenvalue weighted by atomic mass is 9.88. The highest BCUT2D eigenvalue weighted by molar-refractivity contribution is 9.10. The van der Waals surface area contributed by atoms with Gasteiger partial charge in [0.15, 0.2) is 5.78 Å². The maximum atomic E-state index is 12.7. The monoisotopic (exact) mass is 377 g/mol. The lowest BCUT2D eigenvalue weighted by molar-refractivity contribution is -0.307. The van der Waals surface area contributed by atoms with Crippen LogP contribution in [0.2, 0.25) is 0 Å². The largest absolute Gasteiger partial charge is 0.550 e. The predicted molar refractivity (Wildman–Crippen MR) is 92.5 cm³/mol. The summed E-state index contributed by atoms with van der Waals surface area (Å²) in [5.41, 5.74) is 1.72. The number of ketones is 1. The smallest absolute Gasteiger partial charge is 0.162 e. The fraction of sp³-hybridized carbons (Fsp3) is 0.474. The second-order valence-electron chi connectivity index (χ2n) is 6.23. The van der Waals surface area contributed by atoms with Crippen molar-refractivity contribution in [2.24, 2.45) is 11.8 Å². The molecule has 4 heteroatoms. The fourth-order valence-corrected chi connectivity index (χ4v) is 3.54. The second-order valence-corrected chi connectivity index (χ2v) is 7.14.